The van der Waals surface area contributed by atoms with Crippen LogP contribution in [0.25, 0.3) is 0 Å². The number of aryl methyl sites for hydroxylation is 1. The lowest BCUT2D eigenvalue weighted by atomic mass is 9.83. The number of aromatic amines is 1. The zero-order valence-electron chi connectivity index (χ0n) is 22.2. The summed E-state index contributed by atoms with van der Waals surface area (Å²) >= 11 is 1.99. The molecule has 1 N–H and O–H groups in total. The maximum atomic E-state index is 13.9. The number of nitrogens with zero attached hydrogens (tertiary/aromatic N) is 1. The van der Waals surface area contributed by atoms with Crippen LogP contribution in [0.2, 0.25) is 0 Å². The van der Waals surface area contributed by atoms with Gasteiger partial charge in [0.15, 0.2) is 11.5 Å². The lowest BCUT2D eigenvalue weighted by Crippen LogP contribution is -2.32. The number of hydrogen-bond donors (Lipinski definition) is 1. The summed E-state index contributed by atoms with van der Waals surface area (Å²) in [6.07, 6.45) is -4.64. The van der Waals surface area contributed by atoms with E-state index in [1.807, 2.05) is 31.2 Å². The number of benzene rings is 3. The zero-order chi connectivity index (χ0) is 29.8. The first-order valence-corrected chi connectivity index (χ1v) is 14.6. The van der Waals surface area contributed by atoms with Gasteiger partial charge in [0.25, 0.3) is 0 Å². The fourth-order valence-corrected chi connectivity index (χ4v) is 7.93. The normalized spacial score (nSPS) is 19.9. The van der Waals surface area contributed by atoms with Gasteiger partial charge in [-0.25, -0.2) is 4.90 Å². The molecule has 2 aliphatic rings. The Balaban J connectivity index is 1.38. The van der Waals surface area contributed by atoms with Crippen molar-refractivity contribution in [2.24, 2.45) is 5.92 Å². The minimum atomic E-state index is -4.64. The highest BCUT2D eigenvalue weighted by atomic mass is 32.2. The number of thioether (sulfide) groups is 1. The molecule has 216 valence electrons. The smallest absolute Gasteiger partial charge is 0.416 e. The number of halogens is 3. The van der Waals surface area contributed by atoms with Gasteiger partial charge in [-0.2, -0.15) is 13.2 Å². The fraction of sp³-hybridized carbons (Fsp3) is 0.233. The molecule has 0 saturated carbocycles. The van der Waals surface area contributed by atoms with Crippen molar-refractivity contribution in [3.05, 3.63) is 104 Å². The van der Waals surface area contributed by atoms with E-state index in [4.69, 9.17) is 9.47 Å². The van der Waals surface area contributed by atoms with Crippen LogP contribution in [-0.2, 0) is 22.4 Å². The average molecular weight is 613 g/mol. The molecule has 0 bridgehead atoms. The zero-order valence-corrected chi connectivity index (χ0v) is 23.9. The first-order valence-electron chi connectivity index (χ1n) is 12.9. The Morgan fingerprint density at radius 3 is 2.48 bits per heavy atom. The number of ether oxygens (including phenoxy) is 2. The quantitative estimate of drug-likeness (QED) is 0.263. The molecular weight excluding hydrogens is 589 g/mol. The van der Waals surface area contributed by atoms with Gasteiger partial charge in [0, 0.05) is 10.8 Å². The number of hydrogen-bond acceptors (Lipinski definition) is 7. The predicted octanol–water partition coefficient (Wildman–Crippen LogP) is 6.15. The van der Waals surface area contributed by atoms with E-state index in [1.54, 1.807) is 18.2 Å². The van der Waals surface area contributed by atoms with Gasteiger partial charge in [0.1, 0.15) is 11.9 Å². The van der Waals surface area contributed by atoms with Gasteiger partial charge in [-0.1, -0.05) is 65.1 Å². The first-order chi connectivity index (χ1) is 20.0. The van der Waals surface area contributed by atoms with Gasteiger partial charge < -0.3 is 14.5 Å². The Morgan fingerprint density at radius 2 is 1.74 bits per heavy atom. The molecule has 42 heavy (non-hydrogen) atoms. The number of thiazole rings is 1. The van der Waals surface area contributed by atoms with Crippen LogP contribution in [0.1, 0.15) is 33.0 Å². The maximum Gasteiger partial charge on any atom is 0.416 e. The number of carbonyl (C=O) groups excluding carboxylic acids is 2. The summed E-state index contributed by atoms with van der Waals surface area (Å²) < 4.78 is 51.9. The number of carbonyl (C=O) groups is 2. The number of anilines is 1. The van der Waals surface area contributed by atoms with Gasteiger partial charge in [-0.3, -0.25) is 14.4 Å². The second-order valence-corrected chi connectivity index (χ2v) is 12.2. The maximum absolute atomic E-state index is 13.9. The second kappa shape index (κ2) is 10.7. The van der Waals surface area contributed by atoms with Crippen molar-refractivity contribution in [2.75, 3.05) is 12.0 Å². The number of imide groups is 1. The molecule has 2 aliphatic heterocycles. The molecule has 3 aromatic carbocycles. The lowest BCUT2D eigenvalue weighted by molar-refractivity contribution is -0.137. The Kier molecular flexibility index (Phi) is 7.14. The largest absolute Gasteiger partial charge is 0.493 e. The van der Waals surface area contributed by atoms with Crippen molar-refractivity contribution < 1.29 is 32.2 Å². The predicted molar refractivity (Wildman–Crippen MR) is 152 cm³/mol. The summed E-state index contributed by atoms with van der Waals surface area (Å²) in [5.41, 5.74) is 1.56. The summed E-state index contributed by atoms with van der Waals surface area (Å²) in [6.45, 7) is 2.28. The molecule has 0 radical (unpaired) electrons. The highest BCUT2D eigenvalue weighted by Gasteiger charge is 2.56. The van der Waals surface area contributed by atoms with Crippen molar-refractivity contribution in [3.63, 3.8) is 0 Å². The Labute approximate surface area is 246 Å². The van der Waals surface area contributed by atoms with Gasteiger partial charge >= 0.3 is 11.0 Å². The number of amides is 2. The topological polar surface area (TPSA) is 88.7 Å². The third-order valence-corrected chi connectivity index (χ3v) is 9.68. The van der Waals surface area contributed by atoms with Crippen LogP contribution in [0.3, 0.4) is 0 Å². The van der Waals surface area contributed by atoms with E-state index in [0.717, 1.165) is 51.3 Å². The Morgan fingerprint density at radius 1 is 0.952 bits per heavy atom. The van der Waals surface area contributed by atoms with Gasteiger partial charge in [0.05, 0.1) is 29.3 Å². The third kappa shape index (κ3) is 4.98. The minimum Gasteiger partial charge on any atom is -0.493 e. The van der Waals surface area contributed by atoms with Gasteiger partial charge in [0.2, 0.25) is 11.8 Å². The molecule has 4 aromatic rings. The monoisotopic (exact) mass is 612 g/mol. The Bertz CT molecular complexity index is 1770. The van der Waals surface area contributed by atoms with Crippen LogP contribution in [0.5, 0.6) is 11.5 Å². The summed E-state index contributed by atoms with van der Waals surface area (Å²) in [4.78, 5) is 43.7. The van der Waals surface area contributed by atoms with Crippen LogP contribution in [0.4, 0.5) is 18.9 Å². The van der Waals surface area contributed by atoms with Crippen LogP contribution >= 0.6 is 23.1 Å². The van der Waals surface area contributed by atoms with Crippen molar-refractivity contribution in [2.45, 2.75) is 35.9 Å². The fourth-order valence-electron chi connectivity index (χ4n) is 5.41. The molecule has 6 rings (SSSR count). The molecule has 1 fully saturated rings. The number of fused-ring (bicyclic) bond motifs is 2. The molecule has 0 aliphatic carbocycles. The molecule has 2 amide bonds. The first kappa shape index (κ1) is 28.1. The SMILES string of the molecule is COc1cc(C2c3sc(=O)[nH]c3SC3C(=O)N(c4cccc(C(F)(F)F)c4)C(=O)C32)ccc1OCc1cccc(C)c1. The second-order valence-electron chi connectivity index (χ2n) is 10.00. The van der Waals surface area contributed by atoms with Gasteiger partial charge in [-0.05, 0) is 48.4 Å². The van der Waals surface area contributed by atoms with E-state index in [-0.39, 0.29) is 10.6 Å². The van der Waals surface area contributed by atoms with Crippen LogP contribution in [0, 0.1) is 12.8 Å². The third-order valence-electron chi connectivity index (χ3n) is 7.28. The summed E-state index contributed by atoms with van der Waals surface area (Å²) in [6, 6.07) is 17.2. The standard InChI is InChI=1S/C30H23F3N2O5S2/c1-15-5-3-6-16(11-15)14-40-20-10-9-17(12-21(20)39-2)22-23-25(41-26-24(22)42-29(38)34-26)28(37)35(27(23)36)19-8-4-7-18(13-19)30(31,32)33/h3-13,22-23,25H,14H2,1-2H3,(H,34,38). The molecular formula is C30H23F3N2O5S2. The van der Waals surface area contributed by atoms with Crippen LogP contribution < -0.4 is 19.2 Å². The molecule has 1 saturated heterocycles. The van der Waals surface area contributed by atoms with Gasteiger partial charge in [-0.15, -0.1) is 0 Å². The molecule has 12 heteroatoms. The van der Waals surface area contributed by atoms with E-state index in [2.05, 4.69) is 4.98 Å². The number of nitrogens with one attached hydrogen (secondary N) is 1. The summed E-state index contributed by atoms with van der Waals surface area (Å²) in [7, 11) is 1.48. The van der Waals surface area contributed by atoms with E-state index < -0.39 is 40.6 Å². The number of alkyl halides is 3. The van der Waals surface area contributed by atoms with Crippen molar-refractivity contribution in [3.8, 4) is 11.5 Å². The number of rotatable bonds is 6. The van der Waals surface area contributed by atoms with Crippen molar-refractivity contribution in [1.29, 1.82) is 0 Å². The summed E-state index contributed by atoms with van der Waals surface area (Å²) in [5.74, 6) is -2.09. The molecule has 1 aromatic heterocycles. The van der Waals surface area contributed by atoms with Crippen molar-refractivity contribution in [1.82, 2.24) is 4.98 Å². The number of methoxy groups -OCH3 is 1. The highest BCUT2D eigenvalue weighted by molar-refractivity contribution is 8.00. The molecule has 3 atom stereocenters. The highest BCUT2D eigenvalue weighted by Crippen LogP contribution is 2.54. The summed E-state index contributed by atoms with van der Waals surface area (Å²) in [5, 5.41) is -0.486. The molecule has 3 unspecified atom stereocenters. The van der Waals surface area contributed by atoms with Crippen LogP contribution in [-0.4, -0.2) is 29.2 Å². The molecule has 0 spiro atoms. The average Bonchev–Trinajstić information content (AvgIpc) is 3.45. The lowest BCUT2D eigenvalue weighted by Gasteiger charge is -2.30. The number of H-pyrrole nitrogens is 1. The van der Waals surface area contributed by atoms with E-state index in [9.17, 15) is 27.6 Å². The Hall–Kier alpha value is -4.03. The minimum absolute atomic E-state index is 0.150. The number of aromatic nitrogens is 1. The van der Waals surface area contributed by atoms with Crippen molar-refractivity contribution >= 4 is 40.6 Å². The van der Waals surface area contributed by atoms with E-state index in [0.29, 0.717) is 33.6 Å². The van der Waals surface area contributed by atoms with Crippen LogP contribution in [0.15, 0.2) is 76.6 Å². The molecule has 7 nitrogen and oxygen atoms in total. The molecule has 3 heterocycles. The van der Waals surface area contributed by atoms with E-state index in [1.165, 1.54) is 19.2 Å². The van der Waals surface area contributed by atoms with E-state index >= 15 is 0 Å².